The molecule has 1 N–H and O–H groups in total. The van der Waals surface area contributed by atoms with Crippen molar-refractivity contribution in [3.05, 3.63) is 35.4 Å². The Kier molecular flexibility index (Phi) is 6.58. The predicted octanol–water partition coefficient (Wildman–Crippen LogP) is 3.17. The van der Waals surface area contributed by atoms with E-state index in [0.29, 0.717) is 12.5 Å². The van der Waals surface area contributed by atoms with Gasteiger partial charge in [0.1, 0.15) is 0 Å². The molecule has 0 spiro atoms. The van der Waals surface area contributed by atoms with Crippen LogP contribution in [0.2, 0.25) is 0 Å². The summed E-state index contributed by atoms with van der Waals surface area (Å²) in [7, 11) is 1.44. The van der Waals surface area contributed by atoms with Crippen LogP contribution in [0.3, 0.4) is 0 Å². The molecule has 2 atom stereocenters. The van der Waals surface area contributed by atoms with Crippen molar-refractivity contribution in [3.8, 4) is 0 Å². The molecule has 0 amide bonds. The molecule has 0 saturated heterocycles. The Hall–Kier alpha value is -1.00. The van der Waals surface area contributed by atoms with Gasteiger partial charge in [-0.1, -0.05) is 37.6 Å². The number of carbonyl (C=O) groups is 1. The predicted molar refractivity (Wildman–Crippen MR) is 88.6 cm³/mol. The lowest BCUT2D eigenvalue weighted by molar-refractivity contribution is -0.139. The molecule has 1 saturated carbocycles. The largest absolute Gasteiger partial charge is 0.469 e. The molecule has 0 aromatic heterocycles. The number of hydrogen-bond acceptors (Lipinski definition) is 4. The number of benzene rings is 1. The first-order valence-electron chi connectivity index (χ1n) is 7.73. The zero-order chi connectivity index (χ0) is 15.1. The summed E-state index contributed by atoms with van der Waals surface area (Å²) in [5.74, 6) is 1.00. The lowest BCUT2D eigenvalue weighted by Gasteiger charge is -2.21. The fourth-order valence-electron chi connectivity index (χ4n) is 2.94. The third kappa shape index (κ3) is 4.75. The highest BCUT2D eigenvalue weighted by molar-refractivity contribution is 7.99. The molecular formula is C17H25NO2S. The SMILES string of the molecule is CCSC1CCCC1NCc1ccccc1CC(=O)OC. The fraction of sp³-hybridized carbons (Fsp3) is 0.588. The van der Waals surface area contributed by atoms with E-state index in [4.69, 9.17) is 4.74 Å². The van der Waals surface area contributed by atoms with Gasteiger partial charge in [0, 0.05) is 17.8 Å². The number of ether oxygens (including phenoxy) is 1. The third-order valence-corrected chi connectivity index (χ3v) is 5.39. The number of thioether (sulfide) groups is 1. The zero-order valence-corrected chi connectivity index (χ0v) is 13.7. The molecule has 0 aliphatic heterocycles. The number of esters is 1. The summed E-state index contributed by atoms with van der Waals surface area (Å²) >= 11 is 2.06. The number of methoxy groups -OCH3 is 1. The van der Waals surface area contributed by atoms with E-state index in [2.05, 4.69) is 30.1 Å². The molecule has 21 heavy (non-hydrogen) atoms. The fourth-order valence-corrected chi connectivity index (χ4v) is 4.17. The first-order chi connectivity index (χ1) is 10.2. The summed E-state index contributed by atoms with van der Waals surface area (Å²) in [4.78, 5) is 11.5. The topological polar surface area (TPSA) is 38.3 Å². The zero-order valence-electron chi connectivity index (χ0n) is 12.9. The third-order valence-electron chi connectivity index (χ3n) is 4.07. The van der Waals surface area contributed by atoms with Crippen LogP contribution in [0, 0.1) is 0 Å². The van der Waals surface area contributed by atoms with Gasteiger partial charge in [-0.25, -0.2) is 0 Å². The van der Waals surface area contributed by atoms with Gasteiger partial charge in [0.05, 0.1) is 13.5 Å². The molecule has 0 bridgehead atoms. The Labute approximate surface area is 131 Å². The molecule has 1 aliphatic carbocycles. The molecule has 1 aliphatic rings. The second kappa shape index (κ2) is 8.44. The maximum atomic E-state index is 11.5. The van der Waals surface area contributed by atoms with Crippen LogP contribution in [0.15, 0.2) is 24.3 Å². The Morgan fingerprint density at radius 3 is 2.81 bits per heavy atom. The van der Waals surface area contributed by atoms with E-state index >= 15 is 0 Å². The van der Waals surface area contributed by atoms with Crippen LogP contribution in [0.1, 0.15) is 37.3 Å². The van der Waals surface area contributed by atoms with Crippen molar-refractivity contribution < 1.29 is 9.53 Å². The second-order valence-corrected chi connectivity index (χ2v) is 6.95. The minimum Gasteiger partial charge on any atom is -0.469 e. The van der Waals surface area contributed by atoms with Gasteiger partial charge in [0.2, 0.25) is 0 Å². The maximum Gasteiger partial charge on any atom is 0.309 e. The van der Waals surface area contributed by atoms with Crippen molar-refractivity contribution in [3.63, 3.8) is 0 Å². The van der Waals surface area contributed by atoms with Crippen LogP contribution in [-0.2, 0) is 22.5 Å². The van der Waals surface area contributed by atoms with Crippen LogP contribution >= 0.6 is 11.8 Å². The normalized spacial score (nSPS) is 21.4. The van der Waals surface area contributed by atoms with Crippen molar-refractivity contribution in [2.45, 2.75) is 50.4 Å². The van der Waals surface area contributed by atoms with Crippen molar-refractivity contribution in [2.24, 2.45) is 0 Å². The maximum absolute atomic E-state index is 11.5. The Morgan fingerprint density at radius 1 is 1.33 bits per heavy atom. The van der Waals surface area contributed by atoms with Gasteiger partial charge in [-0.3, -0.25) is 4.79 Å². The van der Waals surface area contributed by atoms with Crippen molar-refractivity contribution >= 4 is 17.7 Å². The van der Waals surface area contributed by atoms with E-state index in [9.17, 15) is 4.79 Å². The molecule has 0 heterocycles. The lowest BCUT2D eigenvalue weighted by atomic mass is 10.0. The molecule has 1 aromatic rings. The number of nitrogens with one attached hydrogen (secondary N) is 1. The van der Waals surface area contributed by atoms with E-state index in [1.165, 1.54) is 37.7 Å². The molecular weight excluding hydrogens is 282 g/mol. The van der Waals surface area contributed by atoms with Crippen LogP contribution < -0.4 is 5.32 Å². The number of hydrogen-bond donors (Lipinski definition) is 1. The molecule has 4 heteroatoms. The van der Waals surface area contributed by atoms with Gasteiger partial charge in [-0.15, -0.1) is 0 Å². The van der Waals surface area contributed by atoms with Gasteiger partial charge in [0.15, 0.2) is 0 Å². The summed E-state index contributed by atoms with van der Waals surface area (Å²) in [5.41, 5.74) is 2.27. The quantitative estimate of drug-likeness (QED) is 0.785. The first kappa shape index (κ1) is 16.4. The van der Waals surface area contributed by atoms with Gasteiger partial charge in [-0.2, -0.15) is 11.8 Å². The van der Waals surface area contributed by atoms with Crippen molar-refractivity contribution in [1.29, 1.82) is 0 Å². The minimum absolute atomic E-state index is 0.178. The minimum atomic E-state index is -0.178. The second-order valence-electron chi connectivity index (χ2n) is 5.43. The van der Waals surface area contributed by atoms with Crippen molar-refractivity contribution in [1.82, 2.24) is 5.32 Å². The van der Waals surface area contributed by atoms with Crippen LogP contribution in [0.25, 0.3) is 0 Å². The van der Waals surface area contributed by atoms with Gasteiger partial charge < -0.3 is 10.1 Å². The van der Waals surface area contributed by atoms with E-state index in [1.807, 2.05) is 18.2 Å². The summed E-state index contributed by atoms with van der Waals surface area (Å²) in [6.45, 7) is 3.06. The summed E-state index contributed by atoms with van der Waals surface area (Å²) < 4.78 is 4.77. The van der Waals surface area contributed by atoms with Gasteiger partial charge in [0.25, 0.3) is 0 Å². The highest BCUT2D eigenvalue weighted by Crippen LogP contribution is 2.30. The monoisotopic (exact) mass is 307 g/mol. The Bertz CT molecular complexity index is 464. The summed E-state index contributed by atoms with van der Waals surface area (Å²) in [6, 6.07) is 8.72. The molecule has 116 valence electrons. The van der Waals surface area contributed by atoms with Gasteiger partial charge >= 0.3 is 5.97 Å². The summed E-state index contributed by atoms with van der Waals surface area (Å²) in [6.07, 6.45) is 4.25. The first-order valence-corrected chi connectivity index (χ1v) is 8.78. The van der Waals surface area contributed by atoms with E-state index in [1.54, 1.807) is 0 Å². The molecule has 0 radical (unpaired) electrons. The lowest BCUT2D eigenvalue weighted by Crippen LogP contribution is -2.34. The average Bonchev–Trinajstić information content (AvgIpc) is 2.94. The molecule has 2 rings (SSSR count). The Balaban J connectivity index is 1.95. The van der Waals surface area contributed by atoms with Crippen LogP contribution in [-0.4, -0.2) is 30.1 Å². The molecule has 1 aromatic carbocycles. The van der Waals surface area contributed by atoms with Crippen molar-refractivity contribution in [2.75, 3.05) is 12.9 Å². The van der Waals surface area contributed by atoms with Crippen LogP contribution in [0.5, 0.6) is 0 Å². The van der Waals surface area contributed by atoms with Gasteiger partial charge in [-0.05, 0) is 29.7 Å². The summed E-state index contributed by atoms with van der Waals surface area (Å²) in [5, 5.41) is 4.43. The smallest absolute Gasteiger partial charge is 0.309 e. The van der Waals surface area contributed by atoms with E-state index < -0.39 is 0 Å². The Morgan fingerprint density at radius 2 is 2.10 bits per heavy atom. The molecule has 2 unspecified atom stereocenters. The highest BCUT2D eigenvalue weighted by Gasteiger charge is 2.26. The van der Waals surface area contributed by atoms with E-state index in [-0.39, 0.29) is 5.97 Å². The molecule has 3 nitrogen and oxygen atoms in total. The number of carbonyl (C=O) groups excluding carboxylic acids is 1. The van der Waals surface area contributed by atoms with Crippen LogP contribution in [0.4, 0.5) is 0 Å². The number of rotatable bonds is 7. The molecule has 1 fully saturated rings. The average molecular weight is 307 g/mol. The standard InChI is InChI=1S/C17H25NO2S/c1-3-21-16-10-6-9-15(16)18-12-14-8-5-4-7-13(14)11-17(19)20-2/h4-5,7-8,15-16,18H,3,6,9-12H2,1-2H3. The highest BCUT2D eigenvalue weighted by atomic mass is 32.2. The van der Waals surface area contributed by atoms with E-state index in [0.717, 1.165) is 17.4 Å².